The summed E-state index contributed by atoms with van der Waals surface area (Å²) < 4.78 is 0. The van der Waals surface area contributed by atoms with Crippen LogP contribution in [-0.4, -0.2) is 34.1 Å². The van der Waals surface area contributed by atoms with Gasteiger partial charge in [-0.25, -0.2) is 0 Å². The van der Waals surface area contributed by atoms with Crippen LogP contribution in [0.3, 0.4) is 0 Å². The molecule has 0 aromatic rings. The van der Waals surface area contributed by atoms with E-state index in [-0.39, 0.29) is 0 Å². The maximum atomic E-state index is 3.73. The first-order valence-corrected chi connectivity index (χ1v) is 9.08. The Kier molecular flexibility index (Phi) is 8.30. The lowest BCUT2D eigenvalue weighted by atomic mass is 10.1. The van der Waals surface area contributed by atoms with Crippen LogP contribution in [0.1, 0.15) is 47.0 Å². The molecule has 104 valence electrons. The maximum Gasteiger partial charge on any atom is 0.0295 e. The van der Waals surface area contributed by atoms with Gasteiger partial charge in [-0.05, 0) is 26.3 Å². The SMILES string of the molecule is CC#CCCC(NCCC)C1CSC(C)C(C)S1. The van der Waals surface area contributed by atoms with E-state index >= 15 is 0 Å². The van der Waals surface area contributed by atoms with Crippen molar-refractivity contribution in [2.45, 2.75) is 68.7 Å². The van der Waals surface area contributed by atoms with Gasteiger partial charge in [-0.1, -0.05) is 20.8 Å². The van der Waals surface area contributed by atoms with Gasteiger partial charge in [-0.15, -0.1) is 11.8 Å². The van der Waals surface area contributed by atoms with Crippen molar-refractivity contribution in [2.75, 3.05) is 12.3 Å². The lowest BCUT2D eigenvalue weighted by molar-refractivity contribution is 0.482. The molecule has 0 amide bonds. The minimum atomic E-state index is 0.637. The summed E-state index contributed by atoms with van der Waals surface area (Å²) in [5.74, 6) is 7.51. The Balaban J connectivity index is 2.48. The fourth-order valence-corrected chi connectivity index (χ4v) is 5.29. The summed E-state index contributed by atoms with van der Waals surface area (Å²) in [5, 5.41) is 6.06. The Bertz CT molecular complexity index is 282. The average Bonchev–Trinajstić information content (AvgIpc) is 2.37. The summed E-state index contributed by atoms with van der Waals surface area (Å²) in [6.45, 7) is 10.0. The van der Waals surface area contributed by atoms with Gasteiger partial charge >= 0.3 is 0 Å². The van der Waals surface area contributed by atoms with Crippen LogP contribution in [0.2, 0.25) is 0 Å². The molecular weight excluding hydrogens is 258 g/mol. The molecule has 1 saturated heterocycles. The Morgan fingerprint density at radius 1 is 1.33 bits per heavy atom. The van der Waals surface area contributed by atoms with Crippen LogP contribution < -0.4 is 5.32 Å². The van der Waals surface area contributed by atoms with E-state index in [1.807, 2.05) is 6.92 Å². The normalized spacial score (nSPS) is 29.4. The topological polar surface area (TPSA) is 12.0 Å². The van der Waals surface area contributed by atoms with Crippen molar-refractivity contribution in [3.8, 4) is 11.8 Å². The molecule has 1 N–H and O–H groups in total. The second kappa shape index (κ2) is 9.18. The summed E-state index contributed by atoms with van der Waals surface area (Å²) >= 11 is 4.32. The third kappa shape index (κ3) is 5.47. The van der Waals surface area contributed by atoms with Crippen molar-refractivity contribution >= 4 is 23.5 Å². The summed E-state index contributed by atoms with van der Waals surface area (Å²) in [6, 6.07) is 0.637. The molecule has 0 bridgehead atoms. The molecule has 1 fully saturated rings. The molecular formula is C15H27NS2. The number of rotatable bonds is 6. The van der Waals surface area contributed by atoms with Gasteiger partial charge < -0.3 is 5.32 Å². The second-order valence-electron chi connectivity index (χ2n) is 4.94. The third-order valence-corrected chi connectivity index (χ3v) is 6.99. The molecule has 1 nitrogen and oxygen atoms in total. The predicted molar refractivity (Wildman–Crippen MR) is 87.5 cm³/mol. The fourth-order valence-electron chi connectivity index (χ4n) is 2.12. The van der Waals surface area contributed by atoms with Crippen molar-refractivity contribution in [1.82, 2.24) is 5.32 Å². The minimum absolute atomic E-state index is 0.637. The Hall–Kier alpha value is 0.220. The van der Waals surface area contributed by atoms with E-state index in [9.17, 15) is 0 Å². The van der Waals surface area contributed by atoms with Crippen LogP contribution in [0.25, 0.3) is 0 Å². The van der Waals surface area contributed by atoms with E-state index in [1.165, 1.54) is 18.6 Å². The lowest BCUT2D eigenvalue weighted by Crippen LogP contribution is -2.43. The molecule has 0 radical (unpaired) electrons. The Morgan fingerprint density at radius 3 is 2.72 bits per heavy atom. The molecule has 4 atom stereocenters. The van der Waals surface area contributed by atoms with E-state index in [0.29, 0.717) is 6.04 Å². The summed E-state index contributed by atoms with van der Waals surface area (Å²) in [5.41, 5.74) is 0. The molecule has 0 aromatic heterocycles. The highest BCUT2D eigenvalue weighted by atomic mass is 32.2. The van der Waals surface area contributed by atoms with E-state index in [1.54, 1.807) is 0 Å². The number of nitrogens with one attached hydrogen (secondary N) is 1. The van der Waals surface area contributed by atoms with Crippen LogP contribution in [0.15, 0.2) is 0 Å². The quantitative estimate of drug-likeness (QED) is 0.746. The lowest BCUT2D eigenvalue weighted by Gasteiger charge is -2.36. The van der Waals surface area contributed by atoms with Gasteiger partial charge in [-0.3, -0.25) is 0 Å². The molecule has 1 aliphatic rings. The maximum absolute atomic E-state index is 3.73. The zero-order valence-electron chi connectivity index (χ0n) is 12.2. The van der Waals surface area contributed by atoms with Crippen molar-refractivity contribution in [1.29, 1.82) is 0 Å². The van der Waals surface area contributed by atoms with E-state index in [2.05, 4.69) is 61.5 Å². The number of thioether (sulfide) groups is 2. The van der Waals surface area contributed by atoms with Crippen LogP contribution in [0.4, 0.5) is 0 Å². The zero-order valence-corrected chi connectivity index (χ0v) is 13.8. The Labute approximate surface area is 122 Å². The van der Waals surface area contributed by atoms with Crippen LogP contribution in [0, 0.1) is 11.8 Å². The third-order valence-electron chi connectivity index (χ3n) is 3.44. The van der Waals surface area contributed by atoms with Crippen molar-refractivity contribution in [3.63, 3.8) is 0 Å². The first-order chi connectivity index (χ1) is 8.69. The second-order valence-corrected chi connectivity index (χ2v) is 7.98. The van der Waals surface area contributed by atoms with E-state index < -0.39 is 0 Å². The van der Waals surface area contributed by atoms with Crippen molar-refractivity contribution in [3.05, 3.63) is 0 Å². The van der Waals surface area contributed by atoms with Crippen LogP contribution in [0.5, 0.6) is 0 Å². The minimum Gasteiger partial charge on any atom is -0.313 e. The number of hydrogen-bond acceptors (Lipinski definition) is 3. The van der Waals surface area contributed by atoms with Gasteiger partial charge in [0.2, 0.25) is 0 Å². The van der Waals surface area contributed by atoms with Gasteiger partial charge in [0, 0.05) is 34.0 Å². The highest BCUT2D eigenvalue weighted by Gasteiger charge is 2.30. The van der Waals surface area contributed by atoms with E-state index in [4.69, 9.17) is 0 Å². The molecule has 1 rings (SSSR count). The summed E-state index contributed by atoms with van der Waals surface area (Å²) in [7, 11) is 0. The largest absolute Gasteiger partial charge is 0.313 e. The highest BCUT2D eigenvalue weighted by molar-refractivity contribution is 8.07. The molecule has 1 aliphatic heterocycles. The Morgan fingerprint density at radius 2 is 2.11 bits per heavy atom. The molecule has 4 unspecified atom stereocenters. The molecule has 0 aliphatic carbocycles. The van der Waals surface area contributed by atoms with Crippen molar-refractivity contribution in [2.24, 2.45) is 0 Å². The van der Waals surface area contributed by atoms with Crippen molar-refractivity contribution < 1.29 is 0 Å². The van der Waals surface area contributed by atoms with Crippen LogP contribution >= 0.6 is 23.5 Å². The zero-order chi connectivity index (χ0) is 13.4. The predicted octanol–water partition coefficient (Wildman–Crippen LogP) is 3.78. The number of hydrogen-bond donors (Lipinski definition) is 1. The summed E-state index contributed by atoms with van der Waals surface area (Å²) in [4.78, 5) is 0. The first kappa shape index (κ1) is 16.3. The van der Waals surface area contributed by atoms with E-state index in [0.717, 1.165) is 28.7 Å². The summed E-state index contributed by atoms with van der Waals surface area (Å²) in [6.07, 6.45) is 3.44. The van der Waals surface area contributed by atoms with Gasteiger partial charge in [0.25, 0.3) is 0 Å². The van der Waals surface area contributed by atoms with Gasteiger partial charge in [0.15, 0.2) is 0 Å². The standard InChI is InChI=1S/C15H27NS2/c1-5-7-8-9-14(16-10-6-2)15-11-17-12(3)13(4)18-15/h12-16H,6,8-11H2,1-4H3. The smallest absolute Gasteiger partial charge is 0.0295 e. The highest BCUT2D eigenvalue weighted by Crippen LogP contribution is 2.37. The molecule has 0 spiro atoms. The molecule has 1 heterocycles. The molecule has 18 heavy (non-hydrogen) atoms. The van der Waals surface area contributed by atoms with Gasteiger partial charge in [0.05, 0.1) is 0 Å². The first-order valence-electron chi connectivity index (χ1n) is 7.09. The fraction of sp³-hybridized carbons (Fsp3) is 0.867. The molecule has 0 aromatic carbocycles. The van der Waals surface area contributed by atoms with Crippen LogP contribution in [-0.2, 0) is 0 Å². The molecule has 0 saturated carbocycles. The molecule has 3 heteroatoms. The van der Waals surface area contributed by atoms with Gasteiger partial charge in [-0.2, -0.15) is 23.5 Å². The monoisotopic (exact) mass is 285 g/mol. The average molecular weight is 286 g/mol. The van der Waals surface area contributed by atoms with Gasteiger partial charge in [0.1, 0.15) is 0 Å².